The van der Waals surface area contributed by atoms with Crippen LogP contribution in [0.25, 0.3) is 42.6 Å². The fraction of sp³-hybridized carbons (Fsp3) is 0. The molecule has 0 saturated heterocycles. The third kappa shape index (κ3) is 4.33. The maximum absolute atomic E-state index is 5.05. The van der Waals surface area contributed by atoms with Gasteiger partial charge >= 0.3 is 266 Å². The second-order valence-corrected chi connectivity index (χ2v) is 20.0. The van der Waals surface area contributed by atoms with E-state index < -0.39 is 13.3 Å². The Hall–Kier alpha value is -4.77. The van der Waals surface area contributed by atoms with Crippen LogP contribution in [0.4, 0.5) is 0 Å². The molecule has 0 fully saturated rings. The fourth-order valence-corrected chi connectivity index (χ4v) is 18.5. The molecule has 2 aromatic heterocycles. The first kappa shape index (κ1) is 26.8. The SMILES string of the molecule is c1cc[c]([Ge]([c]2ccccc2)([c]2ccccc2)[c]2ccccc2-c2ccccc2-c2nccc3c2sc2ccccc23)cc1. The van der Waals surface area contributed by atoms with Crippen molar-refractivity contribution in [2.24, 2.45) is 0 Å². The number of aromatic nitrogens is 1. The summed E-state index contributed by atoms with van der Waals surface area (Å²) < 4.78 is 8.20. The Labute approximate surface area is 264 Å². The number of thiophene rings is 1. The Kier molecular flexibility index (Phi) is 6.94. The monoisotopic (exact) mass is 641 g/mol. The van der Waals surface area contributed by atoms with Gasteiger partial charge in [0.1, 0.15) is 0 Å². The van der Waals surface area contributed by atoms with Crippen molar-refractivity contribution in [1.29, 1.82) is 0 Å². The molecule has 0 aliphatic heterocycles. The van der Waals surface area contributed by atoms with Crippen molar-refractivity contribution in [2.45, 2.75) is 0 Å². The zero-order valence-corrected chi connectivity index (χ0v) is 27.0. The van der Waals surface area contributed by atoms with Crippen molar-refractivity contribution < 1.29 is 0 Å². The topological polar surface area (TPSA) is 12.9 Å². The molecule has 0 unspecified atom stereocenters. The molecule has 0 aliphatic carbocycles. The fourth-order valence-electron chi connectivity index (χ4n) is 6.84. The predicted octanol–water partition coefficient (Wildman–Crippen LogP) is 8.16. The zero-order valence-electron chi connectivity index (χ0n) is 24.1. The molecule has 0 spiro atoms. The summed E-state index contributed by atoms with van der Waals surface area (Å²) in [5, 5.41) is 2.56. The molecule has 208 valence electrons. The van der Waals surface area contributed by atoms with Gasteiger partial charge in [0.15, 0.2) is 0 Å². The van der Waals surface area contributed by atoms with Crippen molar-refractivity contribution in [3.63, 3.8) is 0 Å². The molecule has 44 heavy (non-hydrogen) atoms. The maximum atomic E-state index is 5.05. The summed E-state index contributed by atoms with van der Waals surface area (Å²) in [6.07, 6.45) is 1.97. The average molecular weight is 640 g/mol. The summed E-state index contributed by atoms with van der Waals surface area (Å²) >= 11 is -1.68. The molecule has 3 heteroatoms. The van der Waals surface area contributed by atoms with Gasteiger partial charge in [-0.1, -0.05) is 0 Å². The Morgan fingerprint density at radius 2 is 0.909 bits per heavy atom. The van der Waals surface area contributed by atoms with Crippen LogP contribution >= 0.6 is 11.3 Å². The summed E-state index contributed by atoms with van der Waals surface area (Å²) in [6, 6.07) is 62.5. The normalized spacial score (nSPS) is 11.6. The van der Waals surface area contributed by atoms with Crippen LogP contribution in [0.5, 0.6) is 0 Å². The molecular formula is C41H29GeNS. The number of pyridine rings is 1. The number of fused-ring (bicyclic) bond motifs is 3. The first-order valence-corrected chi connectivity index (χ1v) is 20.0. The molecule has 0 N–H and O–H groups in total. The molecule has 0 atom stereocenters. The van der Waals surface area contributed by atoms with Gasteiger partial charge in [0, 0.05) is 0 Å². The van der Waals surface area contributed by atoms with E-state index in [0.717, 1.165) is 5.69 Å². The molecule has 0 saturated carbocycles. The van der Waals surface area contributed by atoms with E-state index in [1.54, 1.807) is 0 Å². The van der Waals surface area contributed by atoms with Crippen LogP contribution < -0.4 is 17.6 Å². The Morgan fingerprint density at radius 3 is 1.55 bits per heavy atom. The molecule has 6 aromatic carbocycles. The molecule has 8 rings (SSSR count). The number of hydrogen-bond acceptors (Lipinski definition) is 2. The van der Waals surface area contributed by atoms with Crippen molar-refractivity contribution in [3.05, 3.63) is 176 Å². The van der Waals surface area contributed by atoms with E-state index in [1.807, 2.05) is 17.5 Å². The molecular weight excluding hydrogens is 611 g/mol. The van der Waals surface area contributed by atoms with E-state index in [0.29, 0.717) is 0 Å². The van der Waals surface area contributed by atoms with Crippen LogP contribution in [0.1, 0.15) is 0 Å². The Bertz CT molecular complexity index is 2130. The van der Waals surface area contributed by atoms with Gasteiger partial charge in [-0.15, -0.1) is 0 Å². The summed E-state index contributed by atoms with van der Waals surface area (Å²) in [4.78, 5) is 5.05. The summed E-state index contributed by atoms with van der Waals surface area (Å²) in [6.45, 7) is 0. The number of nitrogens with zero attached hydrogens (tertiary/aromatic N) is 1. The molecule has 1 nitrogen and oxygen atoms in total. The molecule has 2 heterocycles. The predicted molar refractivity (Wildman–Crippen MR) is 192 cm³/mol. The van der Waals surface area contributed by atoms with Gasteiger partial charge in [0.2, 0.25) is 0 Å². The van der Waals surface area contributed by atoms with Crippen LogP contribution in [-0.2, 0) is 0 Å². The molecule has 8 aromatic rings. The van der Waals surface area contributed by atoms with Gasteiger partial charge in [-0.05, 0) is 0 Å². The first-order valence-electron chi connectivity index (χ1n) is 15.0. The van der Waals surface area contributed by atoms with Gasteiger partial charge in [0.05, 0.1) is 0 Å². The molecule has 0 radical (unpaired) electrons. The standard InChI is InChI=1S/C41H29GeNS/c1-4-16-30(17-5-1)42(31-18-6-2-7-19-31,32-20-8-3-9-21-32)38-26-14-12-23-34(38)33-22-10-11-25-36(33)40-41-37(28-29-43-40)35-24-13-15-27-39(35)44-41/h1-29H. The molecule has 0 aliphatic rings. The Morgan fingerprint density at radius 1 is 0.409 bits per heavy atom. The number of hydrogen-bond donors (Lipinski definition) is 0. The van der Waals surface area contributed by atoms with Crippen LogP contribution in [-0.4, -0.2) is 18.3 Å². The number of rotatable bonds is 6. The van der Waals surface area contributed by atoms with Crippen molar-refractivity contribution in [3.8, 4) is 22.4 Å². The van der Waals surface area contributed by atoms with Gasteiger partial charge in [-0.2, -0.15) is 0 Å². The van der Waals surface area contributed by atoms with E-state index in [1.165, 1.54) is 54.4 Å². The third-order valence-corrected chi connectivity index (χ3v) is 20.1. The van der Waals surface area contributed by atoms with E-state index in [4.69, 9.17) is 4.98 Å². The van der Waals surface area contributed by atoms with Crippen LogP contribution in [0.15, 0.2) is 176 Å². The number of benzene rings is 6. The summed E-state index contributed by atoms with van der Waals surface area (Å²) in [5.74, 6) is 0. The third-order valence-electron chi connectivity index (χ3n) is 8.72. The molecule has 0 bridgehead atoms. The summed E-state index contributed by atoms with van der Waals surface area (Å²) in [7, 11) is 0. The van der Waals surface area contributed by atoms with Gasteiger partial charge in [-0.25, -0.2) is 0 Å². The van der Waals surface area contributed by atoms with Gasteiger partial charge in [0.25, 0.3) is 0 Å². The van der Waals surface area contributed by atoms with E-state index in [9.17, 15) is 0 Å². The first-order chi connectivity index (χ1) is 21.9. The minimum atomic E-state index is -3.52. The summed E-state index contributed by atoms with van der Waals surface area (Å²) in [5.41, 5.74) is 4.71. The zero-order chi connectivity index (χ0) is 29.3. The van der Waals surface area contributed by atoms with Crippen molar-refractivity contribution in [2.75, 3.05) is 0 Å². The van der Waals surface area contributed by atoms with Crippen LogP contribution in [0.2, 0.25) is 0 Å². The van der Waals surface area contributed by atoms with Crippen molar-refractivity contribution in [1.82, 2.24) is 4.98 Å². The van der Waals surface area contributed by atoms with Crippen LogP contribution in [0.3, 0.4) is 0 Å². The quantitative estimate of drug-likeness (QED) is 0.167. The van der Waals surface area contributed by atoms with Crippen LogP contribution in [0, 0.1) is 0 Å². The van der Waals surface area contributed by atoms with E-state index >= 15 is 0 Å². The Balaban J connectivity index is 1.46. The second kappa shape index (κ2) is 11.4. The second-order valence-electron chi connectivity index (χ2n) is 11.1. The van der Waals surface area contributed by atoms with Gasteiger partial charge < -0.3 is 0 Å². The van der Waals surface area contributed by atoms with E-state index in [2.05, 4.69) is 170 Å². The average Bonchev–Trinajstić information content (AvgIpc) is 3.50. The minimum absolute atomic E-state index is 1.05. The van der Waals surface area contributed by atoms with E-state index in [-0.39, 0.29) is 0 Å². The van der Waals surface area contributed by atoms with Gasteiger partial charge in [-0.3, -0.25) is 0 Å². The molecule has 0 amide bonds. The van der Waals surface area contributed by atoms with Crippen molar-refractivity contribution >= 4 is 62.4 Å².